The molecular formula is C21H16ClN3O. The van der Waals surface area contributed by atoms with Crippen LogP contribution in [-0.4, -0.2) is 15.7 Å². The molecule has 2 atom stereocenters. The number of nitrogens with zero attached hydrogens (tertiary/aromatic N) is 3. The Bertz CT molecular complexity index is 989. The first-order valence-corrected chi connectivity index (χ1v) is 8.96. The predicted octanol–water partition coefficient (Wildman–Crippen LogP) is 4.98. The Morgan fingerprint density at radius 3 is 2.73 bits per heavy atom. The highest BCUT2D eigenvalue weighted by atomic mass is 35.5. The van der Waals surface area contributed by atoms with E-state index in [1.54, 1.807) is 6.20 Å². The molecule has 128 valence electrons. The lowest BCUT2D eigenvalue weighted by Gasteiger charge is -2.38. The average molecular weight is 362 g/mol. The monoisotopic (exact) mass is 361 g/mol. The smallest absolute Gasteiger partial charge is 0.213 e. The quantitative estimate of drug-likeness (QED) is 0.646. The standard InChI is InChI=1S/C21H16ClN3O/c22-15-7-5-6-14(12-15)21-25-19(16-8-1-2-10-20(16)26-21)13-18(24-25)17-9-3-4-11-23-17/h1-12,19,21H,13H2. The fourth-order valence-corrected chi connectivity index (χ4v) is 3.80. The van der Waals surface area contributed by atoms with Crippen LogP contribution in [-0.2, 0) is 0 Å². The van der Waals surface area contributed by atoms with Gasteiger partial charge in [-0.3, -0.25) is 4.98 Å². The number of hydrazone groups is 1. The molecule has 0 saturated carbocycles. The van der Waals surface area contributed by atoms with Gasteiger partial charge in [-0.15, -0.1) is 0 Å². The zero-order chi connectivity index (χ0) is 17.5. The molecular weight excluding hydrogens is 346 g/mol. The molecule has 4 nitrogen and oxygen atoms in total. The molecule has 0 saturated heterocycles. The molecule has 0 spiro atoms. The maximum Gasteiger partial charge on any atom is 0.213 e. The van der Waals surface area contributed by atoms with Gasteiger partial charge >= 0.3 is 0 Å². The third-order valence-electron chi connectivity index (χ3n) is 4.79. The summed E-state index contributed by atoms with van der Waals surface area (Å²) in [7, 11) is 0. The molecule has 0 aliphatic carbocycles. The Morgan fingerprint density at radius 1 is 1.00 bits per heavy atom. The Hall–Kier alpha value is -2.85. The first-order chi connectivity index (χ1) is 12.8. The van der Waals surface area contributed by atoms with E-state index in [-0.39, 0.29) is 12.3 Å². The minimum Gasteiger partial charge on any atom is -0.464 e. The van der Waals surface area contributed by atoms with E-state index < -0.39 is 0 Å². The molecule has 2 aliphatic heterocycles. The van der Waals surface area contributed by atoms with Gasteiger partial charge in [0, 0.05) is 28.8 Å². The van der Waals surface area contributed by atoms with Gasteiger partial charge in [0.05, 0.1) is 17.4 Å². The second kappa shape index (κ2) is 6.15. The van der Waals surface area contributed by atoms with E-state index in [1.165, 1.54) is 0 Å². The van der Waals surface area contributed by atoms with Crippen LogP contribution in [0.4, 0.5) is 0 Å². The van der Waals surface area contributed by atoms with Crippen molar-refractivity contribution in [3.05, 3.63) is 94.8 Å². The topological polar surface area (TPSA) is 37.7 Å². The molecule has 3 aromatic rings. The molecule has 5 rings (SSSR count). The fourth-order valence-electron chi connectivity index (χ4n) is 3.60. The van der Waals surface area contributed by atoms with Crippen molar-refractivity contribution in [3.8, 4) is 5.75 Å². The van der Waals surface area contributed by atoms with Gasteiger partial charge in [-0.1, -0.05) is 48.0 Å². The molecule has 5 heteroatoms. The van der Waals surface area contributed by atoms with Crippen molar-refractivity contribution < 1.29 is 4.74 Å². The highest BCUT2D eigenvalue weighted by Crippen LogP contribution is 2.47. The molecule has 2 aliphatic rings. The first kappa shape index (κ1) is 15.4. The molecule has 0 fully saturated rings. The summed E-state index contributed by atoms with van der Waals surface area (Å²) in [5.41, 5.74) is 4.02. The number of pyridine rings is 1. The summed E-state index contributed by atoms with van der Waals surface area (Å²) >= 11 is 6.21. The summed E-state index contributed by atoms with van der Waals surface area (Å²) < 4.78 is 6.31. The van der Waals surface area contributed by atoms with Crippen molar-refractivity contribution in [2.24, 2.45) is 5.10 Å². The average Bonchev–Trinajstić information content (AvgIpc) is 3.14. The van der Waals surface area contributed by atoms with Crippen LogP contribution in [0.15, 0.2) is 78.0 Å². The number of halogens is 1. The number of rotatable bonds is 2. The molecule has 3 heterocycles. The van der Waals surface area contributed by atoms with Gasteiger partial charge < -0.3 is 4.74 Å². The van der Waals surface area contributed by atoms with Crippen LogP contribution in [0, 0.1) is 0 Å². The van der Waals surface area contributed by atoms with E-state index in [9.17, 15) is 0 Å². The van der Waals surface area contributed by atoms with Crippen LogP contribution >= 0.6 is 11.6 Å². The summed E-state index contributed by atoms with van der Waals surface area (Å²) in [6, 6.07) is 22.0. The largest absolute Gasteiger partial charge is 0.464 e. The first-order valence-electron chi connectivity index (χ1n) is 8.58. The van der Waals surface area contributed by atoms with Crippen LogP contribution < -0.4 is 4.74 Å². The second-order valence-corrected chi connectivity index (χ2v) is 6.86. The zero-order valence-electron chi connectivity index (χ0n) is 13.9. The summed E-state index contributed by atoms with van der Waals surface area (Å²) in [5.74, 6) is 0.899. The molecule has 2 aromatic carbocycles. The maximum absolute atomic E-state index is 6.31. The van der Waals surface area contributed by atoms with Crippen LogP contribution in [0.2, 0.25) is 5.02 Å². The SMILES string of the molecule is Clc1cccc(C2Oc3ccccc3C3CC(c4ccccn4)=NN32)c1. The Kier molecular flexibility index (Phi) is 3.64. The van der Waals surface area contributed by atoms with Gasteiger partial charge in [0.15, 0.2) is 0 Å². The molecule has 0 amide bonds. The van der Waals surface area contributed by atoms with E-state index in [4.69, 9.17) is 21.4 Å². The lowest BCUT2D eigenvalue weighted by Crippen LogP contribution is -2.33. The molecule has 0 radical (unpaired) electrons. The van der Waals surface area contributed by atoms with E-state index in [0.717, 1.165) is 34.7 Å². The number of benzene rings is 2. The number of hydrogen-bond donors (Lipinski definition) is 0. The van der Waals surface area contributed by atoms with Crippen molar-refractivity contribution in [1.82, 2.24) is 9.99 Å². The van der Waals surface area contributed by atoms with Crippen LogP contribution in [0.5, 0.6) is 5.75 Å². The highest BCUT2D eigenvalue weighted by Gasteiger charge is 2.41. The third-order valence-corrected chi connectivity index (χ3v) is 5.03. The van der Waals surface area contributed by atoms with Crippen molar-refractivity contribution in [1.29, 1.82) is 0 Å². The zero-order valence-corrected chi connectivity index (χ0v) is 14.7. The van der Waals surface area contributed by atoms with Gasteiger partial charge in [0.1, 0.15) is 5.75 Å². The van der Waals surface area contributed by atoms with Crippen LogP contribution in [0.1, 0.15) is 35.5 Å². The highest BCUT2D eigenvalue weighted by molar-refractivity contribution is 6.30. The van der Waals surface area contributed by atoms with Gasteiger partial charge in [0.2, 0.25) is 6.23 Å². The molecule has 0 N–H and O–H groups in total. The van der Waals surface area contributed by atoms with Crippen LogP contribution in [0.3, 0.4) is 0 Å². The van der Waals surface area contributed by atoms with E-state index in [2.05, 4.69) is 11.1 Å². The predicted molar refractivity (Wildman–Crippen MR) is 101 cm³/mol. The van der Waals surface area contributed by atoms with Gasteiger partial charge in [-0.25, -0.2) is 5.01 Å². The van der Waals surface area contributed by atoms with Crippen molar-refractivity contribution in [3.63, 3.8) is 0 Å². The summed E-state index contributed by atoms with van der Waals surface area (Å²) in [6.45, 7) is 0. The van der Waals surface area contributed by atoms with Crippen molar-refractivity contribution in [2.45, 2.75) is 18.7 Å². The Labute approximate surface area is 156 Å². The summed E-state index contributed by atoms with van der Waals surface area (Å²) in [4.78, 5) is 4.47. The minimum absolute atomic E-state index is 0.126. The number of ether oxygens (including phenoxy) is 1. The lowest BCUT2D eigenvalue weighted by atomic mass is 9.97. The summed E-state index contributed by atoms with van der Waals surface area (Å²) in [5, 5.41) is 7.62. The molecule has 0 bridgehead atoms. The maximum atomic E-state index is 6.31. The molecule has 26 heavy (non-hydrogen) atoms. The number of para-hydroxylation sites is 1. The van der Waals surface area contributed by atoms with Crippen molar-refractivity contribution >= 4 is 17.3 Å². The van der Waals surface area contributed by atoms with Gasteiger partial charge in [0.25, 0.3) is 0 Å². The fraction of sp³-hybridized carbons (Fsp3) is 0.143. The van der Waals surface area contributed by atoms with Crippen LogP contribution in [0.25, 0.3) is 0 Å². The Balaban J connectivity index is 1.61. The van der Waals surface area contributed by atoms with E-state index in [1.807, 2.05) is 65.7 Å². The Morgan fingerprint density at radius 2 is 1.88 bits per heavy atom. The van der Waals surface area contributed by atoms with Gasteiger partial charge in [-0.05, 0) is 30.3 Å². The summed E-state index contributed by atoms with van der Waals surface area (Å²) in [6.07, 6.45) is 2.29. The van der Waals surface area contributed by atoms with Gasteiger partial charge in [-0.2, -0.15) is 5.10 Å². The van der Waals surface area contributed by atoms with E-state index >= 15 is 0 Å². The second-order valence-electron chi connectivity index (χ2n) is 6.42. The number of aromatic nitrogens is 1. The van der Waals surface area contributed by atoms with E-state index in [0.29, 0.717) is 5.02 Å². The number of fused-ring (bicyclic) bond motifs is 3. The minimum atomic E-state index is -0.310. The lowest BCUT2D eigenvalue weighted by molar-refractivity contribution is -0.0190. The van der Waals surface area contributed by atoms with Crippen molar-refractivity contribution in [2.75, 3.05) is 0 Å². The molecule has 2 unspecified atom stereocenters. The normalized spacial score (nSPS) is 20.8. The molecule has 1 aromatic heterocycles. The number of hydrogen-bond acceptors (Lipinski definition) is 4. The third kappa shape index (κ3) is 2.54.